The summed E-state index contributed by atoms with van der Waals surface area (Å²) in [4.78, 5) is 4.40. The third-order valence-electron chi connectivity index (χ3n) is 2.87. The van der Waals surface area contributed by atoms with E-state index in [1.165, 1.54) is 0 Å². The Morgan fingerprint density at radius 3 is 2.68 bits per heavy atom. The number of aromatic nitrogens is 1. The predicted octanol–water partition coefficient (Wildman–Crippen LogP) is 4.58. The van der Waals surface area contributed by atoms with Gasteiger partial charge in [0.25, 0.3) is 0 Å². The van der Waals surface area contributed by atoms with E-state index in [9.17, 15) is 0 Å². The fraction of sp³-hybridized carbons (Fsp3) is 0.0625. The molecular formula is C16H12BrNO. The first-order valence-corrected chi connectivity index (χ1v) is 6.82. The van der Waals surface area contributed by atoms with Gasteiger partial charge in [-0.2, -0.15) is 0 Å². The highest BCUT2D eigenvalue weighted by atomic mass is 79.9. The Kier molecular flexibility index (Phi) is 3.47. The molecule has 3 heteroatoms. The van der Waals surface area contributed by atoms with Gasteiger partial charge in [-0.3, -0.25) is 4.98 Å². The molecule has 94 valence electrons. The topological polar surface area (TPSA) is 22.1 Å². The molecule has 0 saturated carbocycles. The second kappa shape index (κ2) is 5.41. The van der Waals surface area contributed by atoms with Gasteiger partial charge in [0.05, 0.1) is 11.7 Å². The maximum atomic E-state index is 5.76. The fourth-order valence-corrected chi connectivity index (χ4v) is 2.24. The first-order chi connectivity index (χ1) is 9.31. The predicted molar refractivity (Wildman–Crippen MR) is 80.2 cm³/mol. The Morgan fingerprint density at radius 1 is 1.00 bits per heavy atom. The van der Waals surface area contributed by atoms with Gasteiger partial charge < -0.3 is 4.74 Å². The van der Waals surface area contributed by atoms with Crippen molar-refractivity contribution in [1.29, 1.82) is 0 Å². The van der Waals surface area contributed by atoms with E-state index in [1.54, 1.807) is 6.20 Å². The van der Waals surface area contributed by atoms with Crippen molar-refractivity contribution >= 4 is 26.8 Å². The SMILES string of the molecule is Brc1ccc2cc(OCc3ccccc3)cnc2c1. The standard InChI is InChI=1S/C16H12BrNO/c17-14-7-6-13-8-15(10-18-16(13)9-14)19-11-12-4-2-1-3-5-12/h1-10H,11H2. The van der Waals surface area contributed by atoms with Crippen LogP contribution in [0.15, 0.2) is 65.3 Å². The Labute approximate surface area is 120 Å². The number of nitrogens with zero attached hydrogens (tertiary/aromatic N) is 1. The van der Waals surface area contributed by atoms with E-state index in [2.05, 4.69) is 20.9 Å². The van der Waals surface area contributed by atoms with Crippen LogP contribution in [0.25, 0.3) is 10.9 Å². The number of benzene rings is 2. The lowest BCUT2D eigenvalue weighted by molar-refractivity contribution is 0.305. The number of rotatable bonds is 3. The summed E-state index contributed by atoms with van der Waals surface area (Å²) in [7, 11) is 0. The zero-order chi connectivity index (χ0) is 13.1. The van der Waals surface area contributed by atoms with Gasteiger partial charge in [0.1, 0.15) is 12.4 Å². The molecule has 0 unspecified atom stereocenters. The minimum Gasteiger partial charge on any atom is -0.487 e. The summed E-state index contributed by atoms with van der Waals surface area (Å²) in [5.74, 6) is 0.790. The van der Waals surface area contributed by atoms with Crippen LogP contribution in [0.5, 0.6) is 5.75 Å². The lowest BCUT2D eigenvalue weighted by atomic mass is 10.2. The van der Waals surface area contributed by atoms with Crippen molar-refractivity contribution in [2.75, 3.05) is 0 Å². The normalized spacial score (nSPS) is 10.6. The van der Waals surface area contributed by atoms with Crippen LogP contribution in [-0.4, -0.2) is 4.98 Å². The van der Waals surface area contributed by atoms with Crippen molar-refractivity contribution < 1.29 is 4.74 Å². The summed E-state index contributed by atoms with van der Waals surface area (Å²) < 4.78 is 6.79. The van der Waals surface area contributed by atoms with Crippen molar-refractivity contribution in [3.63, 3.8) is 0 Å². The fourth-order valence-electron chi connectivity index (χ4n) is 1.89. The van der Waals surface area contributed by atoms with E-state index in [0.29, 0.717) is 6.61 Å². The van der Waals surface area contributed by atoms with Crippen LogP contribution in [-0.2, 0) is 6.61 Å². The molecule has 0 amide bonds. The van der Waals surface area contributed by atoms with E-state index in [4.69, 9.17) is 4.74 Å². The molecule has 19 heavy (non-hydrogen) atoms. The first kappa shape index (κ1) is 12.2. The summed E-state index contributed by atoms with van der Waals surface area (Å²) in [6.07, 6.45) is 1.76. The molecule has 1 heterocycles. The van der Waals surface area contributed by atoms with Crippen molar-refractivity contribution in [3.05, 3.63) is 70.8 Å². The molecule has 0 atom stereocenters. The molecule has 0 N–H and O–H groups in total. The smallest absolute Gasteiger partial charge is 0.138 e. The Bertz CT molecular complexity index is 697. The molecule has 2 aromatic carbocycles. The van der Waals surface area contributed by atoms with Crippen LogP contribution >= 0.6 is 15.9 Å². The van der Waals surface area contributed by atoms with E-state index < -0.39 is 0 Å². The van der Waals surface area contributed by atoms with E-state index in [1.807, 2.05) is 54.6 Å². The van der Waals surface area contributed by atoms with E-state index in [-0.39, 0.29) is 0 Å². The molecule has 3 aromatic rings. The monoisotopic (exact) mass is 313 g/mol. The van der Waals surface area contributed by atoms with Gasteiger partial charge in [-0.1, -0.05) is 52.3 Å². The maximum Gasteiger partial charge on any atom is 0.138 e. The minimum absolute atomic E-state index is 0.560. The number of hydrogen-bond donors (Lipinski definition) is 0. The highest BCUT2D eigenvalue weighted by molar-refractivity contribution is 9.10. The maximum absolute atomic E-state index is 5.76. The number of ether oxygens (including phenoxy) is 1. The minimum atomic E-state index is 0.560. The molecule has 1 aromatic heterocycles. The highest BCUT2D eigenvalue weighted by Gasteiger charge is 2.00. The molecule has 0 fully saturated rings. The summed E-state index contributed by atoms with van der Waals surface area (Å²) in [5.41, 5.74) is 2.11. The number of fused-ring (bicyclic) bond motifs is 1. The molecule has 0 aliphatic rings. The molecule has 0 aliphatic carbocycles. The van der Waals surface area contributed by atoms with Gasteiger partial charge in [0, 0.05) is 9.86 Å². The van der Waals surface area contributed by atoms with Gasteiger partial charge in [-0.25, -0.2) is 0 Å². The van der Waals surface area contributed by atoms with Gasteiger partial charge in [0.2, 0.25) is 0 Å². The first-order valence-electron chi connectivity index (χ1n) is 6.03. The molecule has 0 spiro atoms. The van der Waals surface area contributed by atoms with Crippen molar-refractivity contribution in [2.45, 2.75) is 6.61 Å². The number of halogens is 1. The summed E-state index contributed by atoms with van der Waals surface area (Å²) in [6.45, 7) is 0.560. The van der Waals surface area contributed by atoms with Gasteiger partial charge >= 0.3 is 0 Å². The zero-order valence-corrected chi connectivity index (χ0v) is 11.8. The van der Waals surface area contributed by atoms with Gasteiger partial charge in [-0.15, -0.1) is 0 Å². The van der Waals surface area contributed by atoms with Crippen LogP contribution in [0.4, 0.5) is 0 Å². The van der Waals surface area contributed by atoms with Gasteiger partial charge in [0.15, 0.2) is 0 Å². The van der Waals surface area contributed by atoms with Crippen molar-refractivity contribution in [1.82, 2.24) is 4.98 Å². The van der Waals surface area contributed by atoms with Crippen molar-refractivity contribution in [3.8, 4) is 5.75 Å². The van der Waals surface area contributed by atoms with Crippen LogP contribution in [0.3, 0.4) is 0 Å². The molecule has 2 nitrogen and oxygen atoms in total. The average Bonchev–Trinajstić information content (AvgIpc) is 2.46. The molecule has 0 saturated heterocycles. The third-order valence-corrected chi connectivity index (χ3v) is 3.36. The summed E-state index contributed by atoms with van der Waals surface area (Å²) in [5, 5.41) is 1.08. The quantitative estimate of drug-likeness (QED) is 0.706. The van der Waals surface area contributed by atoms with Crippen LogP contribution in [0.1, 0.15) is 5.56 Å². The molecule has 0 bridgehead atoms. The van der Waals surface area contributed by atoms with Crippen LogP contribution < -0.4 is 4.74 Å². The molecule has 0 aliphatic heterocycles. The Balaban J connectivity index is 1.80. The van der Waals surface area contributed by atoms with E-state index in [0.717, 1.165) is 26.7 Å². The van der Waals surface area contributed by atoms with Gasteiger partial charge in [-0.05, 0) is 23.8 Å². The lowest BCUT2D eigenvalue weighted by Crippen LogP contribution is -1.95. The zero-order valence-electron chi connectivity index (χ0n) is 10.2. The molecule has 0 radical (unpaired) electrons. The third kappa shape index (κ3) is 2.93. The van der Waals surface area contributed by atoms with Crippen LogP contribution in [0, 0.1) is 0 Å². The molecule has 3 rings (SSSR count). The second-order valence-corrected chi connectivity index (χ2v) is 5.20. The average molecular weight is 314 g/mol. The van der Waals surface area contributed by atoms with E-state index >= 15 is 0 Å². The van der Waals surface area contributed by atoms with Crippen LogP contribution in [0.2, 0.25) is 0 Å². The summed E-state index contributed by atoms with van der Waals surface area (Å²) >= 11 is 3.44. The number of hydrogen-bond acceptors (Lipinski definition) is 2. The highest BCUT2D eigenvalue weighted by Crippen LogP contribution is 2.22. The Hall–Kier alpha value is -1.87. The number of pyridine rings is 1. The largest absolute Gasteiger partial charge is 0.487 e. The Morgan fingerprint density at radius 2 is 1.84 bits per heavy atom. The van der Waals surface area contributed by atoms with Crippen molar-refractivity contribution in [2.24, 2.45) is 0 Å². The molecular weight excluding hydrogens is 302 g/mol. The second-order valence-electron chi connectivity index (χ2n) is 4.28. The summed E-state index contributed by atoms with van der Waals surface area (Å²) in [6, 6.07) is 18.2. The lowest BCUT2D eigenvalue weighted by Gasteiger charge is -2.07.